The molecule has 21 heavy (non-hydrogen) atoms. The van der Waals surface area contributed by atoms with Crippen molar-refractivity contribution in [3.05, 3.63) is 0 Å². The van der Waals surface area contributed by atoms with Crippen molar-refractivity contribution in [3.8, 4) is 0 Å². The summed E-state index contributed by atoms with van der Waals surface area (Å²) in [6.07, 6.45) is 7.62. The number of ether oxygens (including phenoxy) is 1. The van der Waals surface area contributed by atoms with Crippen molar-refractivity contribution in [2.75, 3.05) is 39.3 Å². The Kier molecular flexibility index (Phi) is 5.49. The lowest BCUT2D eigenvalue weighted by molar-refractivity contribution is -0.123. The van der Waals surface area contributed by atoms with Crippen molar-refractivity contribution in [2.24, 2.45) is 5.92 Å². The van der Waals surface area contributed by atoms with Gasteiger partial charge in [0.2, 0.25) is 5.91 Å². The number of carbonyl (C=O) groups excluding carboxylic acids is 1. The number of nitrogens with one attached hydrogen (secondary N) is 2. The van der Waals surface area contributed by atoms with E-state index in [4.69, 9.17) is 4.74 Å². The van der Waals surface area contributed by atoms with E-state index in [1.165, 1.54) is 32.2 Å². The Labute approximate surface area is 127 Å². The van der Waals surface area contributed by atoms with E-state index in [0.29, 0.717) is 19.1 Å². The zero-order chi connectivity index (χ0) is 14.5. The molecule has 5 nitrogen and oxygen atoms in total. The molecule has 1 aliphatic carbocycles. The molecule has 120 valence electrons. The number of rotatable bonds is 7. The zero-order valence-electron chi connectivity index (χ0n) is 13.0. The van der Waals surface area contributed by atoms with Gasteiger partial charge < -0.3 is 15.4 Å². The van der Waals surface area contributed by atoms with Crippen molar-refractivity contribution in [1.82, 2.24) is 15.5 Å². The molecule has 2 saturated heterocycles. The van der Waals surface area contributed by atoms with Crippen molar-refractivity contribution in [3.63, 3.8) is 0 Å². The molecular formula is C16H29N3O2. The summed E-state index contributed by atoms with van der Waals surface area (Å²) < 4.78 is 5.52. The summed E-state index contributed by atoms with van der Waals surface area (Å²) >= 11 is 0. The van der Waals surface area contributed by atoms with E-state index in [9.17, 15) is 4.79 Å². The zero-order valence-corrected chi connectivity index (χ0v) is 13.0. The molecule has 2 heterocycles. The molecule has 0 aromatic rings. The number of piperidine rings is 1. The monoisotopic (exact) mass is 295 g/mol. The maximum absolute atomic E-state index is 11.9. The van der Waals surface area contributed by atoms with Crippen molar-refractivity contribution in [2.45, 2.75) is 50.7 Å². The quantitative estimate of drug-likeness (QED) is 0.728. The normalized spacial score (nSPS) is 27.9. The fraction of sp³-hybridized carbons (Fsp3) is 0.938. The molecule has 1 saturated carbocycles. The van der Waals surface area contributed by atoms with Gasteiger partial charge in [0.15, 0.2) is 0 Å². The molecule has 1 amide bonds. The van der Waals surface area contributed by atoms with E-state index in [-0.39, 0.29) is 12.0 Å². The van der Waals surface area contributed by atoms with E-state index in [1.807, 2.05) is 0 Å². The summed E-state index contributed by atoms with van der Waals surface area (Å²) in [5.74, 6) is 1.10. The third-order valence-corrected chi connectivity index (χ3v) is 4.90. The number of carbonyl (C=O) groups is 1. The first kappa shape index (κ1) is 15.3. The Morgan fingerprint density at radius 1 is 1.10 bits per heavy atom. The van der Waals surface area contributed by atoms with Crippen LogP contribution in [-0.2, 0) is 9.53 Å². The highest BCUT2D eigenvalue weighted by Gasteiger charge is 2.25. The minimum atomic E-state index is 0.148. The Morgan fingerprint density at radius 2 is 1.90 bits per heavy atom. The molecule has 0 radical (unpaired) electrons. The van der Waals surface area contributed by atoms with Crippen LogP contribution in [0.3, 0.4) is 0 Å². The topological polar surface area (TPSA) is 53.6 Å². The van der Waals surface area contributed by atoms with E-state index in [0.717, 1.165) is 38.5 Å². The fourth-order valence-corrected chi connectivity index (χ4v) is 3.24. The number of hydrogen-bond acceptors (Lipinski definition) is 4. The molecule has 0 bridgehead atoms. The van der Waals surface area contributed by atoms with E-state index < -0.39 is 0 Å². The average Bonchev–Trinajstić information content (AvgIpc) is 3.18. The van der Waals surface area contributed by atoms with Crippen LogP contribution in [0.2, 0.25) is 0 Å². The highest BCUT2D eigenvalue weighted by Crippen LogP contribution is 2.28. The SMILES string of the molecule is O=C(CN1CCC(NCC2CC2)CC1)NCC1CCCO1. The maximum Gasteiger partial charge on any atom is 0.234 e. The summed E-state index contributed by atoms with van der Waals surface area (Å²) in [5, 5.41) is 6.69. The smallest absolute Gasteiger partial charge is 0.234 e. The highest BCUT2D eigenvalue weighted by molar-refractivity contribution is 5.78. The summed E-state index contributed by atoms with van der Waals surface area (Å²) in [4.78, 5) is 14.2. The Morgan fingerprint density at radius 3 is 2.57 bits per heavy atom. The third-order valence-electron chi connectivity index (χ3n) is 4.90. The average molecular weight is 295 g/mol. The van der Waals surface area contributed by atoms with Crippen LogP contribution in [0.25, 0.3) is 0 Å². The van der Waals surface area contributed by atoms with Crippen molar-refractivity contribution >= 4 is 5.91 Å². The second-order valence-corrected chi connectivity index (χ2v) is 6.84. The van der Waals surface area contributed by atoms with Crippen LogP contribution in [-0.4, -0.2) is 62.3 Å². The van der Waals surface area contributed by atoms with E-state index >= 15 is 0 Å². The predicted octanol–water partition coefficient (Wildman–Crippen LogP) is 0.746. The molecule has 3 rings (SSSR count). The lowest BCUT2D eigenvalue weighted by Gasteiger charge is -2.32. The fourth-order valence-electron chi connectivity index (χ4n) is 3.24. The minimum Gasteiger partial charge on any atom is -0.376 e. The van der Waals surface area contributed by atoms with E-state index in [2.05, 4.69) is 15.5 Å². The predicted molar refractivity (Wildman–Crippen MR) is 82.2 cm³/mol. The number of hydrogen-bond donors (Lipinski definition) is 2. The van der Waals surface area contributed by atoms with Gasteiger partial charge in [-0.25, -0.2) is 0 Å². The number of amides is 1. The summed E-state index contributed by atoms with van der Waals surface area (Å²) in [6, 6.07) is 0.664. The Hall–Kier alpha value is -0.650. The maximum atomic E-state index is 11.9. The first-order chi connectivity index (χ1) is 10.3. The molecule has 5 heteroatoms. The molecule has 2 aliphatic heterocycles. The molecule has 0 aromatic heterocycles. The van der Waals surface area contributed by atoms with Crippen molar-refractivity contribution < 1.29 is 9.53 Å². The molecule has 1 atom stereocenters. The molecule has 0 aromatic carbocycles. The summed E-state index contributed by atoms with van der Waals surface area (Å²) in [6.45, 7) is 5.35. The molecule has 3 fully saturated rings. The van der Waals surface area contributed by atoms with Gasteiger partial charge in [0.05, 0.1) is 12.6 Å². The molecular weight excluding hydrogens is 266 g/mol. The second-order valence-electron chi connectivity index (χ2n) is 6.84. The lowest BCUT2D eigenvalue weighted by Crippen LogP contribution is -2.47. The van der Waals surface area contributed by atoms with Crippen LogP contribution in [0.15, 0.2) is 0 Å². The first-order valence-corrected chi connectivity index (χ1v) is 8.63. The largest absolute Gasteiger partial charge is 0.376 e. The highest BCUT2D eigenvalue weighted by atomic mass is 16.5. The number of nitrogens with zero attached hydrogens (tertiary/aromatic N) is 1. The molecule has 0 spiro atoms. The van der Waals surface area contributed by atoms with Crippen LogP contribution >= 0.6 is 0 Å². The van der Waals surface area contributed by atoms with Crippen LogP contribution in [0, 0.1) is 5.92 Å². The van der Waals surface area contributed by atoms with Crippen LogP contribution in [0.5, 0.6) is 0 Å². The standard InChI is InChI=1S/C16H29N3O2/c20-16(18-11-15-2-1-9-21-15)12-19-7-5-14(6-8-19)17-10-13-3-4-13/h13-15,17H,1-12H2,(H,18,20). The Balaban J connectivity index is 1.26. The van der Waals surface area contributed by atoms with Crippen LogP contribution in [0.1, 0.15) is 38.5 Å². The minimum absolute atomic E-state index is 0.148. The summed E-state index contributed by atoms with van der Waals surface area (Å²) in [7, 11) is 0. The second kappa shape index (κ2) is 7.56. The van der Waals surface area contributed by atoms with Gasteiger partial charge in [-0.2, -0.15) is 0 Å². The lowest BCUT2D eigenvalue weighted by atomic mass is 10.0. The van der Waals surface area contributed by atoms with Gasteiger partial charge in [0, 0.05) is 32.3 Å². The molecule has 1 unspecified atom stereocenters. The van der Waals surface area contributed by atoms with Gasteiger partial charge in [-0.1, -0.05) is 0 Å². The van der Waals surface area contributed by atoms with Gasteiger partial charge >= 0.3 is 0 Å². The molecule has 2 N–H and O–H groups in total. The number of likely N-dealkylation sites (tertiary alicyclic amines) is 1. The van der Waals surface area contributed by atoms with Crippen molar-refractivity contribution in [1.29, 1.82) is 0 Å². The Bertz CT molecular complexity index is 332. The van der Waals surface area contributed by atoms with Crippen LogP contribution < -0.4 is 10.6 Å². The summed E-state index contributed by atoms with van der Waals surface area (Å²) in [5.41, 5.74) is 0. The molecule has 3 aliphatic rings. The van der Waals surface area contributed by atoms with Gasteiger partial charge in [0.25, 0.3) is 0 Å². The van der Waals surface area contributed by atoms with E-state index in [1.54, 1.807) is 0 Å². The first-order valence-electron chi connectivity index (χ1n) is 8.63. The van der Waals surface area contributed by atoms with Gasteiger partial charge in [-0.3, -0.25) is 9.69 Å². The van der Waals surface area contributed by atoms with Crippen LogP contribution in [0.4, 0.5) is 0 Å². The van der Waals surface area contributed by atoms with Gasteiger partial charge in [0.1, 0.15) is 0 Å². The third kappa shape index (κ3) is 5.24. The van der Waals surface area contributed by atoms with Gasteiger partial charge in [-0.15, -0.1) is 0 Å². The van der Waals surface area contributed by atoms with Gasteiger partial charge in [-0.05, 0) is 51.0 Å².